The fourth-order valence-electron chi connectivity index (χ4n) is 2.75. The van der Waals surface area contributed by atoms with Gasteiger partial charge in [-0.25, -0.2) is 4.79 Å². The Morgan fingerprint density at radius 2 is 1.75 bits per heavy atom. The highest BCUT2D eigenvalue weighted by Gasteiger charge is 2.46. The normalized spacial score (nSPS) is 39.5. The molecular formula is C15H20O5. The quantitative estimate of drug-likeness (QED) is 0.341. The molecule has 2 unspecified atom stereocenters. The van der Waals surface area contributed by atoms with Gasteiger partial charge in [0, 0.05) is 12.0 Å². The lowest BCUT2D eigenvalue weighted by atomic mass is 9.81. The van der Waals surface area contributed by atoms with Gasteiger partial charge in [0.25, 0.3) is 0 Å². The molecular weight excluding hydrogens is 260 g/mol. The zero-order valence-corrected chi connectivity index (χ0v) is 11.3. The number of ether oxygens (including phenoxy) is 1. The van der Waals surface area contributed by atoms with E-state index in [1.54, 1.807) is 0 Å². The average Bonchev–Trinajstić information content (AvgIpc) is 2.68. The SMILES string of the molecule is C=C1C(=O)OC2CC(=C)[C@@H](O)CCC(=C)[C@@H](O)[C@@H](O)C12. The molecule has 3 N–H and O–H groups in total. The molecule has 1 saturated heterocycles. The highest BCUT2D eigenvalue weighted by Crippen LogP contribution is 2.37. The number of rotatable bonds is 0. The lowest BCUT2D eigenvalue weighted by molar-refractivity contribution is -0.139. The zero-order valence-electron chi connectivity index (χ0n) is 11.3. The molecule has 0 aromatic carbocycles. The van der Waals surface area contributed by atoms with Crippen molar-refractivity contribution >= 4 is 5.97 Å². The van der Waals surface area contributed by atoms with Gasteiger partial charge >= 0.3 is 5.97 Å². The zero-order chi connectivity index (χ0) is 15.0. The van der Waals surface area contributed by atoms with Gasteiger partial charge in [0.05, 0.1) is 18.1 Å². The van der Waals surface area contributed by atoms with Crippen molar-refractivity contribution in [3.8, 4) is 0 Å². The Morgan fingerprint density at radius 3 is 2.40 bits per heavy atom. The molecule has 0 amide bonds. The number of fused-ring (bicyclic) bond motifs is 1. The fourth-order valence-corrected chi connectivity index (χ4v) is 2.75. The molecule has 0 aromatic heterocycles. The summed E-state index contributed by atoms with van der Waals surface area (Å²) >= 11 is 0. The predicted molar refractivity (Wildman–Crippen MR) is 72.7 cm³/mol. The maximum atomic E-state index is 11.6. The Labute approximate surface area is 117 Å². The minimum absolute atomic E-state index is 0.136. The molecule has 5 heteroatoms. The lowest BCUT2D eigenvalue weighted by Crippen LogP contribution is -2.40. The highest BCUT2D eigenvalue weighted by molar-refractivity contribution is 5.91. The molecule has 5 nitrogen and oxygen atoms in total. The van der Waals surface area contributed by atoms with Crippen LogP contribution in [0.2, 0.25) is 0 Å². The van der Waals surface area contributed by atoms with E-state index < -0.39 is 36.3 Å². The first-order valence-corrected chi connectivity index (χ1v) is 6.62. The van der Waals surface area contributed by atoms with Crippen molar-refractivity contribution in [1.29, 1.82) is 0 Å². The smallest absolute Gasteiger partial charge is 0.334 e. The van der Waals surface area contributed by atoms with E-state index in [4.69, 9.17) is 4.74 Å². The number of carbonyl (C=O) groups excluding carboxylic acids is 1. The summed E-state index contributed by atoms with van der Waals surface area (Å²) in [5.74, 6) is -1.30. The molecule has 0 aromatic rings. The molecule has 0 radical (unpaired) electrons. The van der Waals surface area contributed by atoms with Crippen molar-refractivity contribution in [2.24, 2.45) is 5.92 Å². The Bertz CT molecular complexity index is 467. The third-order valence-electron chi connectivity index (χ3n) is 4.11. The minimum atomic E-state index is -1.20. The van der Waals surface area contributed by atoms with Gasteiger partial charge in [-0.1, -0.05) is 19.7 Å². The second-order valence-corrected chi connectivity index (χ2v) is 5.51. The van der Waals surface area contributed by atoms with E-state index >= 15 is 0 Å². The number of hydrogen-bond donors (Lipinski definition) is 3. The van der Waals surface area contributed by atoms with Gasteiger partial charge in [-0.2, -0.15) is 0 Å². The van der Waals surface area contributed by atoms with Gasteiger partial charge in [-0.05, 0) is 24.0 Å². The summed E-state index contributed by atoms with van der Waals surface area (Å²) in [5.41, 5.74) is 1.09. The second kappa shape index (κ2) is 5.52. The van der Waals surface area contributed by atoms with Crippen LogP contribution < -0.4 is 0 Å². The fraction of sp³-hybridized carbons (Fsp3) is 0.533. The summed E-state index contributed by atoms with van der Waals surface area (Å²) in [5, 5.41) is 30.4. The topological polar surface area (TPSA) is 87.0 Å². The van der Waals surface area contributed by atoms with Crippen LogP contribution in [-0.4, -0.2) is 45.7 Å². The van der Waals surface area contributed by atoms with Crippen LogP contribution >= 0.6 is 0 Å². The van der Waals surface area contributed by atoms with E-state index in [1.807, 2.05) is 0 Å². The first-order valence-electron chi connectivity index (χ1n) is 6.62. The lowest BCUT2D eigenvalue weighted by Gasteiger charge is -2.30. The monoisotopic (exact) mass is 280 g/mol. The summed E-state index contributed by atoms with van der Waals surface area (Å²) in [6.07, 6.45) is -2.80. The summed E-state index contributed by atoms with van der Waals surface area (Å²) in [6, 6.07) is 0. The maximum absolute atomic E-state index is 11.6. The number of aliphatic hydroxyl groups excluding tert-OH is 3. The van der Waals surface area contributed by atoms with Crippen molar-refractivity contribution < 1.29 is 24.9 Å². The molecule has 110 valence electrons. The number of aliphatic hydroxyl groups is 3. The van der Waals surface area contributed by atoms with Crippen molar-refractivity contribution in [3.63, 3.8) is 0 Å². The van der Waals surface area contributed by atoms with Crippen molar-refractivity contribution in [2.45, 2.75) is 43.7 Å². The Morgan fingerprint density at radius 1 is 1.10 bits per heavy atom. The molecule has 0 spiro atoms. The van der Waals surface area contributed by atoms with Crippen molar-refractivity contribution in [3.05, 3.63) is 36.5 Å². The second-order valence-electron chi connectivity index (χ2n) is 5.51. The van der Waals surface area contributed by atoms with Crippen molar-refractivity contribution in [1.82, 2.24) is 0 Å². The molecule has 1 aliphatic carbocycles. The Kier molecular flexibility index (Phi) is 4.13. The molecule has 2 aliphatic rings. The van der Waals surface area contributed by atoms with Crippen molar-refractivity contribution in [2.75, 3.05) is 0 Å². The Hall–Kier alpha value is -1.43. The van der Waals surface area contributed by atoms with Crippen LogP contribution in [0.4, 0.5) is 0 Å². The number of hydrogen-bond acceptors (Lipinski definition) is 5. The third kappa shape index (κ3) is 2.57. The molecule has 1 aliphatic heterocycles. The largest absolute Gasteiger partial charge is 0.458 e. The molecule has 0 bridgehead atoms. The molecule has 1 saturated carbocycles. The number of carbonyl (C=O) groups is 1. The van der Waals surface area contributed by atoms with Crippen LogP contribution in [0.25, 0.3) is 0 Å². The molecule has 20 heavy (non-hydrogen) atoms. The summed E-state index contributed by atoms with van der Waals surface area (Å²) in [6.45, 7) is 11.2. The number of esters is 1. The standard InChI is InChI=1S/C15H20O5/c1-7-4-5-10(16)8(2)6-11-12(14(18)13(7)17)9(3)15(19)20-11/h10-14,16-18H,1-6H2/t10-,11?,12?,13+,14-/m0/s1. The molecule has 1 heterocycles. The highest BCUT2D eigenvalue weighted by atomic mass is 16.6. The van der Waals surface area contributed by atoms with Gasteiger partial charge < -0.3 is 20.1 Å². The average molecular weight is 280 g/mol. The van der Waals surface area contributed by atoms with E-state index in [0.717, 1.165) is 0 Å². The van der Waals surface area contributed by atoms with E-state index in [9.17, 15) is 20.1 Å². The van der Waals surface area contributed by atoms with E-state index in [1.165, 1.54) is 0 Å². The van der Waals surface area contributed by atoms with Gasteiger partial charge in [-0.3, -0.25) is 0 Å². The van der Waals surface area contributed by atoms with Crippen LogP contribution in [0.3, 0.4) is 0 Å². The van der Waals surface area contributed by atoms with Crippen LogP contribution in [0, 0.1) is 5.92 Å². The molecule has 2 fully saturated rings. The van der Waals surface area contributed by atoms with E-state index in [-0.39, 0.29) is 12.0 Å². The summed E-state index contributed by atoms with van der Waals surface area (Å²) < 4.78 is 5.17. The van der Waals surface area contributed by atoms with Crippen LogP contribution in [0.1, 0.15) is 19.3 Å². The Balaban J connectivity index is 2.33. The first-order chi connectivity index (χ1) is 9.32. The first kappa shape index (κ1) is 15.0. The van der Waals surface area contributed by atoms with Gasteiger partial charge in [0.1, 0.15) is 12.2 Å². The third-order valence-corrected chi connectivity index (χ3v) is 4.11. The predicted octanol–water partition coefficient (Wildman–Crippen LogP) is 0.463. The van der Waals surface area contributed by atoms with Crippen LogP contribution in [0.5, 0.6) is 0 Å². The van der Waals surface area contributed by atoms with Crippen LogP contribution in [0.15, 0.2) is 36.5 Å². The summed E-state index contributed by atoms with van der Waals surface area (Å²) in [7, 11) is 0. The van der Waals surface area contributed by atoms with Crippen LogP contribution in [-0.2, 0) is 9.53 Å². The van der Waals surface area contributed by atoms with Gasteiger partial charge in [0.2, 0.25) is 0 Å². The molecule has 2 rings (SSSR count). The van der Waals surface area contributed by atoms with E-state index in [2.05, 4.69) is 19.7 Å². The van der Waals surface area contributed by atoms with Gasteiger partial charge in [-0.15, -0.1) is 0 Å². The van der Waals surface area contributed by atoms with E-state index in [0.29, 0.717) is 24.0 Å². The maximum Gasteiger partial charge on any atom is 0.334 e. The summed E-state index contributed by atoms with van der Waals surface area (Å²) in [4.78, 5) is 11.6. The molecule has 5 atom stereocenters. The van der Waals surface area contributed by atoms with Gasteiger partial charge in [0.15, 0.2) is 0 Å². The minimum Gasteiger partial charge on any atom is -0.458 e.